The number of esters is 4. The molecular weight excluding hydrogens is 454 g/mol. The van der Waals surface area contributed by atoms with Crippen molar-refractivity contribution in [2.75, 3.05) is 13.7 Å². The van der Waals surface area contributed by atoms with Gasteiger partial charge in [0.1, 0.15) is 30.1 Å². The Balaban J connectivity index is 2.52. The molecule has 0 aliphatic carbocycles. The average Bonchev–Trinajstić information content (AvgIpc) is 2.75. The zero-order valence-electron chi connectivity index (χ0n) is 19.4. The van der Waals surface area contributed by atoms with Gasteiger partial charge in [-0.05, 0) is 12.1 Å². The maximum Gasteiger partial charge on any atom is 0.341 e. The summed E-state index contributed by atoms with van der Waals surface area (Å²) in [5.74, 6) is -3.26. The highest BCUT2D eigenvalue weighted by Gasteiger charge is 2.52. The number of methoxy groups -OCH3 is 1. The van der Waals surface area contributed by atoms with E-state index in [1.165, 1.54) is 33.1 Å². The Hall–Kier alpha value is -3.67. The quantitative estimate of drug-likeness (QED) is 0.408. The minimum Gasteiger partial charge on any atom is -0.465 e. The number of rotatable bonds is 8. The van der Waals surface area contributed by atoms with Crippen molar-refractivity contribution in [3.05, 3.63) is 29.8 Å². The smallest absolute Gasteiger partial charge is 0.341 e. The van der Waals surface area contributed by atoms with Crippen molar-refractivity contribution in [2.24, 2.45) is 0 Å². The van der Waals surface area contributed by atoms with Crippen molar-refractivity contribution in [1.29, 1.82) is 0 Å². The van der Waals surface area contributed by atoms with Crippen LogP contribution in [0.25, 0.3) is 0 Å². The van der Waals surface area contributed by atoms with Crippen LogP contribution in [0.5, 0.6) is 5.75 Å². The fourth-order valence-corrected chi connectivity index (χ4v) is 3.36. The fourth-order valence-electron chi connectivity index (χ4n) is 3.36. The fraction of sp³-hybridized carbons (Fsp3) is 0.500. The molecule has 1 amide bonds. The van der Waals surface area contributed by atoms with Gasteiger partial charge in [-0.15, -0.1) is 0 Å². The molecule has 0 saturated carbocycles. The largest absolute Gasteiger partial charge is 0.465 e. The summed E-state index contributed by atoms with van der Waals surface area (Å²) >= 11 is 0. The van der Waals surface area contributed by atoms with Gasteiger partial charge in [0.2, 0.25) is 12.2 Å². The number of para-hydroxylation sites is 1. The zero-order valence-corrected chi connectivity index (χ0v) is 19.4. The van der Waals surface area contributed by atoms with Crippen molar-refractivity contribution in [3.8, 4) is 5.75 Å². The van der Waals surface area contributed by atoms with Crippen LogP contribution in [0.2, 0.25) is 0 Å². The summed E-state index contributed by atoms with van der Waals surface area (Å²) in [4.78, 5) is 59.2. The van der Waals surface area contributed by atoms with Crippen LogP contribution in [0.1, 0.15) is 38.1 Å². The van der Waals surface area contributed by atoms with E-state index in [0.29, 0.717) is 0 Å². The molecule has 12 heteroatoms. The molecule has 1 saturated heterocycles. The van der Waals surface area contributed by atoms with Crippen molar-refractivity contribution >= 4 is 29.8 Å². The summed E-state index contributed by atoms with van der Waals surface area (Å²) in [5, 5.41) is 2.58. The number of amides is 1. The van der Waals surface area contributed by atoms with Crippen molar-refractivity contribution in [2.45, 2.75) is 58.3 Å². The molecule has 1 heterocycles. The molecule has 1 N–H and O–H groups in total. The highest BCUT2D eigenvalue weighted by atomic mass is 16.7. The predicted molar refractivity (Wildman–Crippen MR) is 112 cm³/mol. The van der Waals surface area contributed by atoms with E-state index in [9.17, 15) is 24.0 Å². The number of benzene rings is 1. The van der Waals surface area contributed by atoms with Crippen LogP contribution >= 0.6 is 0 Å². The van der Waals surface area contributed by atoms with Gasteiger partial charge in [0, 0.05) is 27.7 Å². The first kappa shape index (κ1) is 26.6. The molecule has 1 fully saturated rings. The lowest BCUT2D eigenvalue weighted by atomic mass is 9.96. The van der Waals surface area contributed by atoms with Crippen LogP contribution in [0.3, 0.4) is 0 Å². The van der Waals surface area contributed by atoms with Crippen molar-refractivity contribution in [1.82, 2.24) is 5.32 Å². The van der Waals surface area contributed by atoms with Gasteiger partial charge < -0.3 is 33.7 Å². The molecule has 34 heavy (non-hydrogen) atoms. The monoisotopic (exact) mass is 481 g/mol. The number of carbonyl (C=O) groups is 5. The van der Waals surface area contributed by atoms with Gasteiger partial charge in [0.15, 0.2) is 12.2 Å². The minimum atomic E-state index is -1.36. The van der Waals surface area contributed by atoms with Crippen molar-refractivity contribution < 1.29 is 52.4 Å². The third-order valence-electron chi connectivity index (χ3n) is 4.61. The molecule has 186 valence electrons. The Morgan fingerprint density at radius 1 is 0.912 bits per heavy atom. The van der Waals surface area contributed by atoms with Crippen LogP contribution in [-0.4, -0.2) is 74.1 Å². The van der Waals surface area contributed by atoms with E-state index in [0.717, 1.165) is 13.8 Å². The Bertz CT molecular complexity index is 931. The summed E-state index contributed by atoms with van der Waals surface area (Å²) < 4.78 is 32.3. The van der Waals surface area contributed by atoms with E-state index in [4.69, 9.17) is 28.4 Å². The summed E-state index contributed by atoms with van der Waals surface area (Å²) in [7, 11) is 1.20. The molecule has 0 radical (unpaired) electrons. The zero-order chi connectivity index (χ0) is 25.4. The molecular formula is C22H27NO11. The van der Waals surface area contributed by atoms with Gasteiger partial charge in [0.25, 0.3) is 0 Å². The minimum absolute atomic E-state index is 0.0495. The Morgan fingerprint density at radius 2 is 1.53 bits per heavy atom. The van der Waals surface area contributed by atoms with Gasteiger partial charge in [-0.25, -0.2) is 4.79 Å². The normalized spacial score (nSPS) is 23.7. The van der Waals surface area contributed by atoms with Crippen LogP contribution in [0, 0.1) is 0 Å². The standard InChI is InChI=1S/C22H27NO11/c1-11(24)23-18-20(32-14(4)27)19(31-13(3)26)17(10-30-12(2)25)34-22(18)33-16-9-7-6-8-15(16)21(28)29-5/h6-9,17-20,22H,10H2,1-5H3,(H,23,24)/t17-,18-,19+,20-,22-/m0/s1. The first-order chi connectivity index (χ1) is 16.0. The number of carbonyl (C=O) groups excluding carboxylic acids is 5. The lowest BCUT2D eigenvalue weighted by molar-refractivity contribution is -0.257. The average molecular weight is 481 g/mol. The summed E-state index contributed by atoms with van der Waals surface area (Å²) in [6.07, 6.45) is -5.04. The van der Waals surface area contributed by atoms with E-state index in [1.54, 1.807) is 12.1 Å². The van der Waals surface area contributed by atoms with E-state index in [1.807, 2.05) is 0 Å². The Kier molecular flexibility index (Phi) is 9.36. The molecule has 1 aliphatic rings. The molecule has 0 bridgehead atoms. The lowest BCUT2D eigenvalue weighted by Crippen LogP contribution is -2.67. The molecule has 5 atom stereocenters. The summed E-state index contributed by atoms with van der Waals surface area (Å²) in [6.45, 7) is 4.28. The van der Waals surface area contributed by atoms with Crippen LogP contribution in [0.15, 0.2) is 24.3 Å². The number of nitrogens with one attached hydrogen (secondary N) is 1. The Morgan fingerprint density at radius 3 is 2.09 bits per heavy atom. The third kappa shape index (κ3) is 7.17. The molecule has 12 nitrogen and oxygen atoms in total. The highest BCUT2D eigenvalue weighted by molar-refractivity contribution is 5.92. The SMILES string of the molecule is COC(=O)c1ccccc1O[C@H]1O[C@@H](COC(C)=O)[C@@H](OC(C)=O)[C@@H](OC(C)=O)[C@@H]1NC(C)=O. The first-order valence-corrected chi connectivity index (χ1v) is 10.3. The van der Waals surface area contributed by atoms with Gasteiger partial charge in [-0.2, -0.15) is 0 Å². The van der Waals surface area contributed by atoms with Gasteiger partial charge in [-0.1, -0.05) is 12.1 Å². The molecule has 2 rings (SSSR count). The van der Waals surface area contributed by atoms with Gasteiger partial charge in [-0.3, -0.25) is 19.2 Å². The third-order valence-corrected chi connectivity index (χ3v) is 4.61. The Labute approximate surface area is 195 Å². The summed E-state index contributed by atoms with van der Waals surface area (Å²) in [5.41, 5.74) is 0.0675. The second kappa shape index (κ2) is 12.0. The molecule has 0 spiro atoms. The lowest BCUT2D eigenvalue weighted by Gasteiger charge is -2.44. The van der Waals surface area contributed by atoms with Crippen LogP contribution < -0.4 is 10.1 Å². The topological polar surface area (TPSA) is 153 Å². The first-order valence-electron chi connectivity index (χ1n) is 10.3. The van der Waals surface area contributed by atoms with Gasteiger partial charge >= 0.3 is 23.9 Å². The predicted octanol–water partition coefficient (Wildman–Crippen LogP) is 0.508. The van der Waals surface area contributed by atoms with Crippen molar-refractivity contribution in [3.63, 3.8) is 0 Å². The molecule has 0 aromatic heterocycles. The molecule has 1 aromatic rings. The van der Waals surface area contributed by atoms with E-state index < -0.39 is 60.4 Å². The number of ether oxygens (including phenoxy) is 6. The maximum atomic E-state index is 12.2. The van der Waals surface area contributed by atoms with Crippen LogP contribution in [0.4, 0.5) is 0 Å². The molecule has 1 aliphatic heterocycles. The van der Waals surface area contributed by atoms with Gasteiger partial charge in [0.05, 0.1) is 7.11 Å². The highest BCUT2D eigenvalue weighted by Crippen LogP contribution is 2.30. The second-order valence-corrected chi connectivity index (χ2v) is 7.33. The summed E-state index contributed by atoms with van der Waals surface area (Å²) in [6, 6.07) is 4.94. The molecule has 1 aromatic carbocycles. The van der Waals surface area contributed by atoms with E-state index in [2.05, 4.69) is 5.32 Å². The maximum absolute atomic E-state index is 12.2. The number of hydrogen-bond donors (Lipinski definition) is 1. The van der Waals surface area contributed by atoms with Crippen LogP contribution in [-0.2, 0) is 42.9 Å². The van der Waals surface area contributed by atoms with E-state index in [-0.39, 0.29) is 17.9 Å². The van der Waals surface area contributed by atoms with E-state index >= 15 is 0 Å². The second-order valence-electron chi connectivity index (χ2n) is 7.33. The molecule has 0 unspecified atom stereocenters. The number of hydrogen-bond acceptors (Lipinski definition) is 11.